The van der Waals surface area contributed by atoms with Crippen LogP contribution in [-0.2, 0) is 13.2 Å². The van der Waals surface area contributed by atoms with Gasteiger partial charge in [0.1, 0.15) is 11.5 Å². The molecule has 0 radical (unpaired) electrons. The minimum Gasteiger partial charge on any atom is -0.484 e. The van der Waals surface area contributed by atoms with Crippen molar-refractivity contribution in [1.82, 2.24) is 15.2 Å². The zero-order chi connectivity index (χ0) is 16.9. The number of aromatic nitrogens is 3. The minimum absolute atomic E-state index is 0.199. The summed E-state index contributed by atoms with van der Waals surface area (Å²) < 4.78 is 16.8. The molecule has 2 aromatic carbocycles. The number of rotatable bonds is 6. The average Bonchev–Trinajstić information content (AvgIpc) is 3.13. The van der Waals surface area contributed by atoms with E-state index in [1.807, 2.05) is 60.7 Å². The van der Waals surface area contributed by atoms with Gasteiger partial charge in [-0.25, -0.2) is 0 Å². The van der Waals surface area contributed by atoms with Crippen LogP contribution in [0.3, 0.4) is 0 Å². The number of fused-ring (bicyclic) bond motifs is 1. The molecule has 2 heterocycles. The van der Waals surface area contributed by atoms with Crippen LogP contribution in [0.2, 0.25) is 0 Å². The number of pyridine rings is 1. The van der Waals surface area contributed by atoms with Gasteiger partial charge < -0.3 is 13.9 Å². The number of hydrogen-bond donors (Lipinski definition) is 0. The number of para-hydroxylation sites is 1. The van der Waals surface area contributed by atoms with E-state index in [0.29, 0.717) is 11.8 Å². The maximum absolute atomic E-state index is 5.71. The lowest BCUT2D eigenvalue weighted by molar-refractivity contribution is 0.232. The first kappa shape index (κ1) is 15.1. The molecule has 124 valence electrons. The second-order valence-electron chi connectivity index (χ2n) is 5.34. The first-order valence-electron chi connectivity index (χ1n) is 7.83. The summed E-state index contributed by atoms with van der Waals surface area (Å²) in [7, 11) is 0. The normalized spacial score (nSPS) is 10.7. The molecule has 25 heavy (non-hydrogen) atoms. The van der Waals surface area contributed by atoms with Crippen LogP contribution in [0.25, 0.3) is 10.9 Å². The van der Waals surface area contributed by atoms with Gasteiger partial charge in [-0.05, 0) is 36.4 Å². The van der Waals surface area contributed by atoms with Crippen LogP contribution in [0.15, 0.2) is 71.3 Å². The third kappa shape index (κ3) is 3.74. The average molecular weight is 333 g/mol. The van der Waals surface area contributed by atoms with E-state index in [1.165, 1.54) is 0 Å². The summed E-state index contributed by atoms with van der Waals surface area (Å²) in [5, 5.41) is 8.95. The van der Waals surface area contributed by atoms with Gasteiger partial charge in [0.15, 0.2) is 13.2 Å². The van der Waals surface area contributed by atoms with Crippen molar-refractivity contribution in [3.05, 3.63) is 78.6 Å². The fraction of sp³-hybridized carbons (Fsp3) is 0.105. The first-order valence-corrected chi connectivity index (χ1v) is 7.83. The highest BCUT2D eigenvalue weighted by atomic mass is 16.5. The second kappa shape index (κ2) is 7.00. The van der Waals surface area contributed by atoms with E-state index in [9.17, 15) is 0 Å². The lowest BCUT2D eigenvalue weighted by atomic mass is 10.2. The summed E-state index contributed by atoms with van der Waals surface area (Å²) in [5.41, 5.74) is 0.924. The van der Waals surface area contributed by atoms with Crippen LogP contribution in [0, 0.1) is 0 Å². The van der Waals surface area contributed by atoms with Crippen LogP contribution >= 0.6 is 0 Å². The number of ether oxygens (including phenoxy) is 2. The molecular weight excluding hydrogens is 318 g/mol. The van der Waals surface area contributed by atoms with E-state index in [0.717, 1.165) is 22.4 Å². The molecular formula is C19H15N3O3. The molecule has 0 atom stereocenters. The van der Waals surface area contributed by atoms with Gasteiger partial charge in [0.25, 0.3) is 11.8 Å². The van der Waals surface area contributed by atoms with Gasteiger partial charge in [0.2, 0.25) is 0 Å². The Labute approximate surface area is 144 Å². The molecule has 0 spiro atoms. The Hall–Kier alpha value is -3.41. The minimum atomic E-state index is 0.199. The van der Waals surface area contributed by atoms with Crippen LogP contribution < -0.4 is 9.47 Å². The SMILES string of the molecule is c1ccc(OCc2nnc(COc3ccc4ncccc4c3)o2)cc1. The Morgan fingerprint density at radius 3 is 2.32 bits per heavy atom. The second-order valence-corrected chi connectivity index (χ2v) is 5.34. The number of benzene rings is 2. The zero-order valence-corrected chi connectivity index (χ0v) is 13.3. The highest BCUT2D eigenvalue weighted by Crippen LogP contribution is 2.20. The molecule has 0 aliphatic carbocycles. The Kier molecular flexibility index (Phi) is 4.24. The monoisotopic (exact) mass is 333 g/mol. The molecule has 0 saturated carbocycles. The molecule has 6 nitrogen and oxygen atoms in total. The quantitative estimate of drug-likeness (QED) is 0.535. The van der Waals surface area contributed by atoms with Crippen LogP contribution in [-0.4, -0.2) is 15.2 Å². The van der Waals surface area contributed by atoms with Crippen molar-refractivity contribution in [1.29, 1.82) is 0 Å². The Balaban J connectivity index is 1.35. The van der Waals surface area contributed by atoms with Crippen molar-refractivity contribution in [2.45, 2.75) is 13.2 Å². The van der Waals surface area contributed by atoms with Crippen molar-refractivity contribution >= 4 is 10.9 Å². The molecule has 0 bridgehead atoms. The molecule has 2 aromatic heterocycles. The maximum Gasteiger partial charge on any atom is 0.254 e. The van der Waals surface area contributed by atoms with Gasteiger partial charge in [-0.15, -0.1) is 10.2 Å². The third-order valence-electron chi connectivity index (χ3n) is 3.55. The summed E-state index contributed by atoms with van der Waals surface area (Å²) in [6.45, 7) is 0.419. The summed E-state index contributed by atoms with van der Waals surface area (Å²) in [4.78, 5) is 4.28. The van der Waals surface area contributed by atoms with Crippen molar-refractivity contribution in [3.63, 3.8) is 0 Å². The van der Waals surface area contributed by atoms with Crippen LogP contribution in [0.1, 0.15) is 11.8 Å². The van der Waals surface area contributed by atoms with Gasteiger partial charge >= 0.3 is 0 Å². The van der Waals surface area contributed by atoms with Crippen molar-refractivity contribution in [3.8, 4) is 11.5 Å². The Bertz CT molecular complexity index is 970. The summed E-state index contributed by atoms with van der Waals surface area (Å²) >= 11 is 0. The molecule has 4 aromatic rings. The predicted octanol–water partition coefficient (Wildman–Crippen LogP) is 3.78. The number of hydrogen-bond acceptors (Lipinski definition) is 6. The molecule has 0 aliphatic heterocycles. The van der Waals surface area contributed by atoms with Gasteiger partial charge in [-0.2, -0.15) is 0 Å². The lowest BCUT2D eigenvalue weighted by Crippen LogP contribution is -1.96. The molecule has 0 amide bonds. The smallest absolute Gasteiger partial charge is 0.254 e. The van der Waals surface area contributed by atoms with Crippen LogP contribution in [0.4, 0.5) is 0 Å². The summed E-state index contributed by atoms with van der Waals surface area (Å²) in [5.74, 6) is 2.28. The van der Waals surface area contributed by atoms with Crippen molar-refractivity contribution < 1.29 is 13.9 Å². The molecule has 4 rings (SSSR count). The molecule has 6 heteroatoms. The van der Waals surface area contributed by atoms with Crippen molar-refractivity contribution in [2.24, 2.45) is 0 Å². The lowest BCUT2D eigenvalue weighted by Gasteiger charge is -2.04. The largest absolute Gasteiger partial charge is 0.484 e. The maximum atomic E-state index is 5.71. The highest BCUT2D eigenvalue weighted by molar-refractivity contribution is 5.79. The Morgan fingerprint density at radius 1 is 0.760 bits per heavy atom. The highest BCUT2D eigenvalue weighted by Gasteiger charge is 2.08. The molecule has 0 fully saturated rings. The van der Waals surface area contributed by atoms with E-state index in [-0.39, 0.29) is 13.2 Å². The van der Waals surface area contributed by atoms with Gasteiger partial charge in [-0.1, -0.05) is 24.3 Å². The van der Waals surface area contributed by atoms with E-state index in [2.05, 4.69) is 15.2 Å². The summed E-state index contributed by atoms with van der Waals surface area (Å²) in [6, 6.07) is 19.1. The predicted molar refractivity (Wildman–Crippen MR) is 91.1 cm³/mol. The van der Waals surface area contributed by atoms with Gasteiger partial charge in [-0.3, -0.25) is 4.98 Å². The number of nitrogens with zero attached hydrogens (tertiary/aromatic N) is 3. The topological polar surface area (TPSA) is 70.3 Å². The van der Waals surface area contributed by atoms with Gasteiger partial charge in [0, 0.05) is 11.6 Å². The fourth-order valence-electron chi connectivity index (χ4n) is 2.36. The zero-order valence-electron chi connectivity index (χ0n) is 13.3. The fourth-order valence-corrected chi connectivity index (χ4v) is 2.36. The van der Waals surface area contributed by atoms with E-state index in [1.54, 1.807) is 6.20 Å². The standard InChI is InChI=1S/C19H15N3O3/c1-2-6-15(7-3-1)23-12-18-21-22-19(25-18)13-24-16-8-9-17-14(11-16)5-4-10-20-17/h1-11H,12-13H2. The van der Waals surface area contributed by atoms with E-state index >= 15 is 0 Å². The van der Waals surface area contributed by atoms with Gasteiger partial charge in [0.05, 0.1) is 5.52 Å². The van der Waals surface area contributed by atoms with E-state index in [4.69, 9.17) is 13.9 Å². The molecule has 0 saturated heterocycles. The summed E-state index contributed by atoms with van der Waals surface area (Å²) in [6.07, 6.45) is 1.76. The molecule has 0 aliphatic rings. The first-order chi connectivity index (χ1) is 12.4. The molecule has 0 unspecified atom stereocenters. The third-order valence-corrected chi connectivity index (χ3v) is 3.55. The van der Waals surface area contributed by atoms with Crippen molar-refractivity contribution in [2.75, 3.05) is 0 Å². The van der Waals surface area contributed by atoms with Crippen LogP contribution in [0.5, 0.6) is 11.5 Å². The Morgan fingerprint density at radius 2 is 1.52 bits per heavy atom. The molecule has 0 N–H and O–H groups in total. The van der Waals surface area contributed by atoms with E-state index < -0.39 is 0 Å².